The highest BCUT2D eigenvalue weighted by molar-refractivity contribution is 5.78. The second-order valence-corrected chi connectivity index (χ2v) is 13.6. The van der Waals surface area contributed by atoms with E-state index in [2.05, 4.69) is 111 Å². The van der Waals surface area contributed by atoms with Crippen LogP contribution in [0.25, 0.3) is 51.7 Å². The van der Waals surface area contributed by atoms with Crippen molar-refractivity contribution >= 4 is 23.3 Å². The van der Waals surface area contributed by atoms with Crippen LogP contribution >= 0.6 is 0 Å². The smallest absolute Gasteiger partial charge is 0.227 e. The fourth-order valence-corrected chi connectivity index (χ4v) is 6.95. The van der Waals surface area contributed by atoms with Gasteiger partial charge in [-0.2, -0.15) is 5.10 Å². The number of hydrogen-bond donors (Lipinski definition) is 0. The minimum atomic E-state index is 0.634. The van der Waals surface area contributed by atoms with Crippen LogP contribution in [0.1, 0.15) is 113 Å². The predicted molar refractivity (Wildman–Crippen MR) is 212 cm³/mol. The first-order valence-electron chi connectivity index (χ1n) is 19.1. The second kappa shape index (κ2) is 17.3. The fraction of sp³-hybridized carbons (Fsp3) is 0.348. The van der Waals surface area contributed by atoms with Gasteiger partial charge in [-0.15, -0.1) is 0 Å². The Bertz CT molecular complexity index is 1920. The monoisotopic (exact) mass is 663 g/mol. The molecule has 6 aromatic rings. The van der Waals surface area contributed by atoms with Crippen molar-refractivity contribution in [2.45, 2.75) is 105 Å². The lowest BCUT2D eigenvalue weighted by molar-refractivity contribution is 0.620. The molecule has 4 nitrogen and oxygen atoms in total. The fourth-order valence-electron chi connectivity index (χ4n) is 6.95. The molecule has 2 aromatic heterocycles. The van der Waals surface area contributed by atoms with Gasteiger partial charge in [0.15, 0.2) is 5.58 Å². The number of benzene rings is 4. The molecule has 0 saturated heterocycles. The summed E-state index contributed by atoms with van der Waals surface area (Å²) in [4.78, 5) is 4.74. The van der Waals surface area contributed by atoms with Gasteiger partial charge in [-0.1, -0.05) is 108 Å². The van der Waals surface area contributed by atoms with Gasteiger partial charge in [0.05, 0.1) is 17.1 Å². The van der Waals surface area contributed by atoms with Crippen molar-refractivity contribution in [2.24, 2.45) is 0 Å². The number of oxazole rings is 1. The van der Waals surface area contributed by atoms with Crippen LogP contribution in [-0.2, 0) is 25.7 Å². The minimum absolute atomic E-state index is 0.634. The second-order valence-electron chi connectivity index (χ2n) is 13.6. The first-order valence-corrected chi connectivity index (χ1v) is 19.1. The highest BCUT2D eigenvalue weighted by Gasteiger charge is 2.19. The van der Waals surface area contributed by atoms with Crippen LogP contribution in [0.3, 0.4) is 0 Å². The largest absolute Gasteiger partial charge is 0.436 e. The number of nitrogens with zero attached hydrogens (tertiary/aromatic N) is 3. The van der Waals surface area contributed by atoms with E-state index in [9.17, 15) is 0 Å². The van der Waals surface area contributed by atoms with Gasteiger partial charge in [-0.05, 0) is 128 Å². The van der Waals surface area contributed by atoms with Gasteiger partial charge >= 0.3 is 0 Å². The molecular formula is C46H53N3O. The lowest BCUT2D eigenvalue weighted by atomic mass is 9.91. The molecule has 0 bridgehead atoms. The summed E-state index contributed by atoms with van der Waals surface area (Å²) in [7, 11) is 0. The van der Waals surface area contributed by atoms with Gasteiger partial charge in [-0.3, -0.25) is 0 Å². The van der Waals surface area contributed by atoms with Crippen molar-refractivity contribution in [1.82, 2.24) is 14.8 Å². The van der Waals surface area contributed by atoms with E-state index in [-0.39, 0.29) is 0 Å². The maximum absolute atomic E-state index is 6.10. The topological polar surface area (TPSA) is 43.9 Å². The molecule has 50 heavy (non-hydrogen) atoms. The average Bonchev–Trinajstić information content (AvgIpc) is 3.79. The van der Waals surface area contributed by atoms with E-state index in [1.807, 2.05) is 24.3 Å². The molecule has 0 fully saturated rings. The molecule has 0 amide bonds. The summed E-state index contributed by atoms with van der Waals surface area (Å²) in [5.41, 5.74) is 14.2. The van der Waals surface area contributed by atoms with E-state index in [1.165, 1.54) is 84.7 Å². The summed E-state index contributed by atoms with van der Waals surface area (Å²) in [5, 5.41) is 5.33. The molecule has 4 aromatic carbocycles. The van der Waals surface area contributed by atoms with Crippen LogP contribution in [0.5, 0.6) is 0 Å². The summed E-state index contributed by atoms with van der Waals surface area (Å²) in [6.45, 7) is 9.10. The number of hydrogen-bond acceptors (Lipinski definition) is 3. The van der Waals surface area contributed by atoms with Gasteiger partial charge in [-0.25, -0.2) is 9.67 Å². The van der Waals surface area contributed by atoms with Crippen molar-refractivity contribution in [2.75, 3.05) is 0 Å². The SMILES string of the molecule is CCCCc1cccc(CCCC)c1C=Cc1cc(-c2c(CCCC)cccc2CCCC)n(-c2ccc(-c3nc4ccccc4o3)cc2)n1. The molecule has 2 heterocycles. The Kier molecular flexibility index (Phi) is 12.2. The Hall–Kier alpha value is -4.70. The predicted octanol–water partition coefficient (Wildman–Crippen LogP) is 12.9. The number of rotatable bonds is 17. The standard InChI is InChI=1S/C46H53N3O/c1-5-9-17-34-21-15-22-35(18-10-6-2)41(34)32-29-39-33-43(45-36(19-11-7-3)23-16-24-37(45)20-12-8-4)49(48-39)40-30-27-38(28-31-40)46-47-42-25-13-14-26-44(42)50-46/h13-16,21-33H,5-12,17-20H2,1-4H3. The first-order chi connectivity index (χ1) is 24.6. The van der Waals surface area contributed by atoms with Gasteiger partial charge in [0.25, 0.3) is 0 Å². The molecule has 0 aliphatic heterocycles. The lowest BCUT2D eigenvalue weighted by Crippen LogP contribution is -2.04. The van der Waals surface area contributed by atoms with Crippen LogP contribution in [0.4, 0.5) is 0 Å². The molecular weight excluding hydrogens is 611 g/mol. The number of para-hydroxylation sites is 2. The molecule has 6 rings (SSSR count). The summed E-state index contributed by atoms with van der Waals surface area (Å²) >= 11 is 0. The molecule has 258 valence electrons. The van der Waals surface area contributed by atoms with Crippen LogP contribution < -0.4 is 0 Å². The Morgan fingerprint density at radius 2 is 1.16 bits per heavy atom. The summed E-state index contributed by atoms with van der Waals surface area (Å²) < 4.78 is 8.27. The zero-order chi connectivity index (χ0) is 34.7. The molecule has 0 aliphatic rings. The van der Waals surface area contributed by atoms with Crippen LogP contribution in [0.2, 0.25) is 0 Å². The Morgan fingerprint density at radius 3 is 1.74 bits per heavy atom. The molecule has 0 radical (unpaired) electrons. The highest BCUT2D eigenvalue weighted by Crippen LogP contribution is 2.34. The third kappa shape index (κ3) is 8.18. The van der Waals surface area contributed by atoms with Crippen molar-refractivity contribution in [3.63, 3.8) is 0 Å². The average molecular weight is 664 g/mol. The van der Waals surface area contributed by atoms with E-state index >= 15 is 0 Å². The van der Waals surface area contributed by atoms with E-state index in [1.54, 1.807) is 0 Å². The number of aromatic nitrogens is 3. The molecule has 0 saturated carbocycles. The molecule has 0 N–H and O–H groups in total. The molecule has 0 atom stereocenters. The van der Waals surface area contributed by atoms with Gasteiger partial charge in [0.1, 0.15) is 5.52 Å². The molecule has 0 spiro atoms. The Morgan fingerprint density at radius 1 is 0.600 bits per heavy atom. The van der Waals surface area contributed by atoms with E-state index < -0.39 is 0 Å². The highest BCUT2D eigenvalue weighted by atomic mass is 16.3. The zero-order valence-corrected chi connectivity index (χ0v) is 30.6. The van der Waals surface area contributed by atoms with E-state index in [0.717, 1.165) is 59.4 Å². The van der Waals surface area contributed by atoms with E-state index in [0.29, 0.717) is 5.89 Å². The quantitative estimate of drug-likeness (QED) is 0.0975. The molecule has 0 unspecified atom stereocenters. The number of unbranched alkanes of at least 4 members (excludes halogenated alkanes) is 4. The van der Waals surface area contributed by atoms with Gasteiger partial charge in [0.2, 0.25) is 5.89 Å². The van der Waals surface area contributed by atoms with Crippen LogP contribution in [-0.4, -0.2) is 14.8 Å². The lowest BCUT2D eigenvalue weighted by Gasteiger charge is -2.17. The molecule has 0 aliphatic carbocycles. The third-order valence-corrected chi connectivity index (χ3v) is 9.78. The van der Waals surface area contributed by atoms with Crippen molar-refractivity contribution in [3.8, 4) is 28.4 Å². The van der Waals surface area contributed by atoms with Crippen LogP contribution in [0, 0.1) is 0 Å². The zero-order valence-electron chi connectivity index (χ0n) is 30.6. The van der Waals surface area contributed by atoms with Crippen molar-refractivity contribution in [1.29, 1.82) is 0 Å². The van der Waals surface area contributed by atoms with Crippen molar-refractivity contribution in [3.05, 3.63) is 125 Å². The molecule has 4 heteroatoms. The minimum Gasteiger partial charge on any atom is -0.436 e. The van der Waals surface area contributed by atoms with Crippen molar-refractivity contribution < 1.29 is 4.42 Å². The Labute approximate surface area is 299 Å². The first kappa shape index (κ1) is 35.1. The maximum Gasteiger partial charge on any atom is 0.227 e. The maximum atomic E-state index is 6.10. The number of aryl methyl sites for hydroxylation is 4. The summed E-state index contributed by atoms with van der Waals surface area (Å²) in [6.07, 6.45) is 18.4. The third-order valence-electron chi connectivity index (χ3n) is 9.78. The van der Waals surface area contributed by atoms with Crippen LogP contribution in [0.15, 0.2) is 95.4 Å². The normalized spacial score (nSPS) is 11.7. The van der Waals surface area contributed by atoms with Gasteiger partial charge < -0.3 is 4.42 Å². The summed E-state index contributed by atoms with van der Waals surface area (Å²) in [5.74, 6) is 0.634. The number of fused-ring (bicyclic) bond motifs is 1. The van der Waals surface area contributed by atoms with E-state index in [4.69, 9.17) is 14.5 Å². The van der Waals surface area contributed by atoms with Gasteiger partial charge in [0, 0.05) is 11.1 Å². The Balaban J connectivity index is 1.46. The summed E-state index contributed by atoms with van der Waals surface area (Å²) in [6, 6.07) is 32.5.